The van der Waals surface area contributed by atoms with Crippen LogP contribution in [0.2, 0.25) is 0 Å². The lowest BCUT2D eigenvalue weighted by Gasteiger charge is -2.24. The number of ether oxygens (including phenoxy) is 1. The van der Waals surface area contributed by atoms with E-state index in [0.29, 0.717) is 6.04 Å². The van der Waals surface area contributed by atoms with Crippen LogP contribution in [0.1, 0.15) is 25.6 Å². The Morgan fingerprint density at radius 3 is 2.65 bits per heavy atom. The highest BCUT2D eigenvalue weighted by Crippen LogP contribution is 2.25. The number of likely N-dealkylation sites (N-methyl/N-ethyl adjacent to an activating group) is 1. The summed E-state index contributed by atoms with van der Waals surface area (Å²) < 4.78 is 7.38. The van der Waals surface area contributed by atoms with Crippen molar-refractivity contribution < 1.29 is 4.74 Å². The third-order valence-corrected chi connectivity index (χ3v) is 4.51. The molecule has 136 valence electrons. The number of methoxy groups -OCH3 is 1. The number of likely N-dealkylation sites (tertiary alicyclic amines) is 1. The van der Waals surface area contributed by atoms with E-state index in [1.165, 1.54) is 19.4 Å². The second-order valence-electron chi connectivity index (χ2n) is 6.30. The number of nitrogens with zero attached hydrogens (tertiary/aromatic N) is 4. The molecule has 1 saturated heterocycles. The Morgan fingerprint density at radius 1 is 1.30 bits per heavy atom. The summed E-state index contributed by atoms with van der Waals surface area (Å²) >= 11 is 0. The number of halogens is 2. The van der Waals surface area contributed by atoms with Gasteiger partial charge in [0.1, 0.15) is 5.82 Å². The molecule has 0 aromatic carbocycles. The summed E-state index contributed by atoms with van der Waals surface area (Å²) in [4.78, 5) is 9.46. The summed E-state index contributed by atoms with van der Waals surface area (Å²) in [6, 6.07) is 0.673. The fraction of sp³-hybridized carbons (Fsp3) is 0.812. The zero-order valence-corrected chi connectivity index (χ0v) is 16.4. The Hall–Kier alpha value is -0.330. The van der Waals surface area contributed by atoms with Crippen LogP contribution < -0.4 is 0 Å². The van der Waals surface area contributed by atoms with Gasteiger partial charge in [-0.15, -0.1) is 24.8 Å². The number of rotatable bonds is 8. The predicted octanol–water partition coefficient (Wildman–Crippen LogP) is 2.54. The maximum atomic E-state index is 5.17. The Labute approximate surface area is 153 Å². The third-order valence-electron chi connectivity index (χ3n) is 4.51. The van der Waals surface area contributed by atoms with E-state index in [4.69, 9.17) is 4.74 Å². The summed E-state index contributed by atoms with van der Waals surface area (Å²) in [7, 11) is 6.15. The maximum absolute atomic E-state index is 5.17. The highest BCUT2D eigenvalue weighted by molar-refractivity contribution is 5.85. The summed E-state index contributed by atoms with van der Waals surface area (Å²) in [5, 5.41) is 0. The van der Waals surface area contributed by atoms with Crippen molar-refractivity contribution in [3.8, 4) is 0 Å². The van der Waals surface area contributed by atoms with E-state index >= 15 is 0 Å². The zero-order chi connectivity index (χ0) is 15.2. The quantitative estimate of drug-likeness (QED) is 0.707. The molecule has 5 nitrogen and oxygen atoms in total. The van der Waals surface area contributed by atoms with Crippen LogP contribution in [0, 0.1) is 5.92 Å². The van der Waals surface area contributed by atoms with Crippen LogP contribution in [-0.4, -0.2) is 66.3 Å². The van der Waals surface area contributed by atoms with Crippen LogP contribution in [0.15, 0.2) is 12.4 Å². The fourth-order valence-electron chi connectivity index (χ4n) is 3.39. The van der Waals surface area contributed by atoms with E-state index < -0.39 is 0 Å². The molecule has 0 amide bonds. The topological polar surface area (TPSA) is 33.5 Å². The van der Waals surface area contributed by atoms with Crippen LogP contribution in [0.3, 0.4) is 0 Å². The summed E-state index contributed by atoms with van der Waals surface area (Å²) in [6.07, 6.45) is 6.54. The van der Waals surface area contributed by atoms with Gasteiger partial charge < -0.3 is 14.2 Å². The third kappa shape index (κ3) is 6.24. The monoisotopic (exact) mass is 366 g/mol. The van der Waals surface area contributed by atoms with Crippen molar-refractivity contribution >= 4 is 24.8 Å². The number of hydrogen-bond acceptors (Lipinski definition) is 4. The molecular weight excluding hydrogens is 335 g/mol. The molecule has 23 heavy (non-hydrogen) atoms. The molecule has 0 N–H and O–H groups in total. The van der Waals surface area contributed by atoms with Crippen molar-refractivity contribution in [3.63, 3.8) is 0 Å². The van der Waals surface area contributed by atoms with Crippen LogP contribution in [-0.2, 0) is 17.8 Å². The van der Waals surface area contributed by atoms with Crippen molar-refractivity contribution in [1.82, 2.24) is 19.4 Å². The van der Waals surface area contributed by atoms with E-state index in [0.717, 1.165) is 38.0 Å². The van der Waals surface area contributed by atoms with Gasteiger partial charge in [-0.3, -0.25) is 4.90 Å². The van der Waals surface area contributed by atoms with E-state index in [2.05, 4.69) is 46.6 Å². The number of hydrogen-bond donors (Lipinski definition) is 0. The van der Waals surface area contributed by atoms with Crippen LogP contribution in [0.25, 0.3) is 0 Å². The lowest BCUT2D eigenvalue weighted by Crippen LogP contribution is -2.35. The van der Waals surface area contributed by atoms with Gasteiger partial charge in [0.25, 0.3) is 0 Å². The second kappa shape index (κ2) is 11.3. The molecule has 7 heteroatoms. The average Bonchev–Trinajstić information content (AvgIpc) is 3.04. The van der Waals surface area contributed by atoms with E-state index in [1.54, 1.807) is 7.11 Å². The summed E-state index contributed by atoms with van der Waals surface area (Å²) in [5.41, 5.74) is 0. The van der Waals surface area contributed by atoms with Gasteiger partial charge in [-0.2, -0.15) is 0 Å². The van der Waals surface area contributed by atoms with E-state index in [-0.39, 0.29) is 24.8 Å². The Bertz CT molecular complexity index is 428. The molecule has 0 bridgehead atoms. The first-order valence-electron chi connectivity index (χ1n) is 8.03. The fourth-order valence-corrected chi connectivity index (χ4v) is 3.39. The average molecular weight is 367 g/mol. The van der Waals surface area contributed by atoms with Gasteiger partial charge >= 0.3 is 0 Å². The summed E-state index contributed by atoms with van der Waals surface area (Å²) in [5.74, 6) is 1.94. The Kier molecular flexibility index (Phi) is 11.1. The molecule has 0 aliphatic carbocycles. The molecule has 1 aliphatic heterocycles. The largest absolute Gasteiger partial charge is 0.383 e. The molecule has 0 radical (unpaired) electrons. The van der Waals surface area contributed by atoms with Crippen molar-refractivity contribution in [2.45, 2.75) is 38.9 Å². The molecule has 2 heterocycles. The lowest BCUT2D eigenvalue weighted by molar-refractivity contribution is 0.184. The molecule has 1 aliphatic rings. The zero-order valence-electron chi connectivity index (χ0n) is 14.8. The molecule has 0 saturated carbocycles. The molecule has 1 aromatic rings. The van der Waals surface area contributed by atoms with Crippen LogP contribution in [0.4, 0.5) is 0 Å². The van der Waals surface area contributed by atoms with Gasteiger partial charge in [0, 0.05) is 45.2 Å². The van der Waals surface area contributed by atoms with Crippen molar-refractivity contribution in [2.75, 3.05) is 40.9 Å². The predicted molar refractivity (Wildman–Crippen MR) is 99.7 cm³/mol. The highest BCUT2D eigenvalue weighted by Gasteiger charge is 2.33. The maximum Gasteiger partial charge on any atom is 0.122 e. The van der Waals surface area contributed by atoms with E-state index in [1.807, 2.05) is 6.20 Å². The Balaban J connectivity index is 0.00000242. The summed E-state index contributed by atoms with van der Waals surface area (Å²) in [6.45, 7) is 7.19. The van der Waals surface area contributed by atoms with Crippen molar-refractivity contribution in [3.05, 3.63) is 18.2 Å². The molecule has 1 aromatic heterocycles. The minimum absolute atomic E-state index is 0. The molecule has 2 rings (SSSR count). The lowest BCUT2D eigenvalue weighted by atomic mass is 9.98. The minimum atomic E-state index is 0. The molecule has 0 spiro atoms. The first-order chi connectivity index (χ1) is 10.2. The first-order valence-corrected chi connectivity index (χ1v) is 8.03. The minimum Gasteiger partial charge on any atom is -0.383 e. The smallest absolute Gasteiger partial charge is 0.122 e. The molecule has 0 unspecified atom stereocenters. The van der Waals surface area contributed by atoms with Gasteiger partial charge in [-0.25, -0.2) is 4.98 Å². The molecule has 2 atom stereocenters. The van der Waals surface area contributed by atoms with E-state index in [9.17, 15) is 0 Å². The number of imidazole rings is 1. The van der Waals surface area contributed by atoms with Gasteiger partial charge in [0.05, 0.1) is 13.2 Å². The van der Waals surface area contributed by atoms with Crippen molar-refractivity contribution in [2.24, 2.45) is 5.92 Å². The molecular formula is C16H32Cl2N4O. The van der Waals surface area contributed by atoms with Gasteiger partial charge in [-0.1, -0.05) is 13.3 Å². The van der Waals surface area contributed by atoms with Crippen molar-refractivity contribution in [1.29, 1.82) is 0 Å². The Morgan fingerprint density at radius 2 is 2.04 bits per heavy atom. The normalized spacial score (nSPS) is 21.3. The first kappa shape index (κ1) is 22.7. The van der Waals surface area contributed by atoms with Gasteiger partial charge in [0.15, 0.2) is 0 Å². The number of aromatic nitrogens is 2. The van der Waals surface area contributed by atoms with Gasteiger partial charge in [-0.05, 0) is 26.4 Å². The van der Waals surface area contributed by atoms with Crippen LogP contribution in [0.5, 0.6) is 0 Å². The SMILES string of the molecule is CCC[C@H]1CN(Cc2nccn2CCOC)C[C@@H]1N(C)C.Cl.Cl. The second-order valence-corrected chi connectivity index (χ2v) is 6.30. The standard InChI is InChI=1S/C16H30N4O.2ClH/c1-5-6-14-11-19(12-15(14)18(2)3)13-16-17-7-8-20(16)9-10-21-4;;/h7-8,14-15H,5-6,9-13H2,1-4H3;2*1H/t14-,15-;;/m0../s1. The van der Waals surface area contributed by atoms with Crippen LogP contribution >= 0.6 is 24.8 Å². The molecule has 1 fully saturated rings. The highest BCUT2D eigenvalue weighted by atomic mass is 35.5. The van der Waals surface area contributed by atoms with Gasteiger partial charge in [0.2, 0.25) is 0 Å².